The number of carbonyl (C=O) groups excluding carboxylic acids is 1. The van der Waals surface area contributed by atoms with Crippen molar-refractivity contribution in [3.63, 3.8) is 0 Å². The lowest BCUT2D eigenvalue weighted by Gasteiger charge is -2.21. The Balaban J connectivity index is 2.21. The van der Waals surface area contributed by atoms with E-state index in [1.54, 1.807) is 24.3 Å². The van der Waals surface area contributed by atoms with Gasteiger partial charge in [-0.3, -0.25) is 10.0 Å². The molecule has 0 aliphatic rings. The maximum atomic E-state index is 13.0. The van der Waals surface area contributed by atoms with Crippen LogP contribution >= 0.6 is 0 Å². The number of halogens is 1. The minimum atomic E-state index is -3.77. The molecular weight excluding hydrogens is 349 g/mol. The summed E-state index contributed by atoms with van der Waals surface area (Å²) < 4.78 is 37.8. The SMILES string of the molecule is O=CN(O)C(CCO)CS(=O)(=O)c1ccc(-c2ccc(F)cc2)cc1. The number of amides is 1. The number of hydrogen-bond acceptors (Lipinski definition) is 5. The average molecular weight is 367 g/mol. The molecule has 0 aromatic heterocycles. The summed E-state index contributed by atoms with van der Waals surface area (Å²) in [5, 5.41) is 18.6. The summed E-state index contributed by atoms with van der Waals surface area (Å²) in [5.74, 6) is -0.875. The lowest BCUT2D eigenvalue weighted by molar-refractivity contribution is -0.159. The van der Waals surface area contributed by atoms with Crippen molar-refractivity contribution in [2.24, 2.45) is 0 Å². The maximum absolute atomic E-state index is 13.0. The Morgan fingerprint density at radius 2 is 1.56 bits per heavy atom. The van der Waals surface area contributed by atoms with E-state index in [-0.39, 0.29) is 35.2 Å². The molecule has 2 aromatic rings. The number of carbonyl (C=O) groups is 1. The molecule has 0 spiro atoms. The number of hydrogen-bond donors (Lipinski definition) is 2. The Kier molecular flexibility index (Phi) is 6.24. The van der Waals surface area contributed by atoms with Crippen molar-refractivity contribution in [2.75, 3.05) is 12.4 Å². The van der Waals surface area contributed by atoms with E-state index in [1.165, 1.54) is 24.3 Å². The molecule has 0 fully saturated rings. The number of hydroxylamine groups is 2. The zero-order valence-corrected chi connectivity index (χ0v) is 14.1. The fourth-order valence-corrected chi connectivity index (χ4v) is 3.94. The molecule has 0 heterocycles. The molecule has 8 heteroatoms. The molecule has 25 heavy (non-hydrogen) atoms. The molecule has 1 amide bonds. The van der Waals surface area contributed by atoms with Gasteiger partial charge in [0.2, 0.25) is 6.41 Å². The lowest BCUT2D eigenvalue weighted by Crippen LogP contribution is -2.37. The number of sulfone groups is 1. The quantitative estimate of drug-likeness (QED) is 0.422. The third kappa shape index (κ3) is 4.85. The summed E-state index contributed by atoms with van der Waals surface area (Å²) in [6.07, 6.45) is 0.0373. The van der Waals surface area contributed by atoms with Crippen molar-refractivity contribution in [1.29, 1.82) is 0 Å². The fraction of sp³-hybridized carbons (Fsp3) is 0.235. The Morgan fingerprint density at radius 3 is 2.04 bits per heavy atom. The molecule has 0 saturated heterocycles. The zero-order valence-electron chi connectivity index (χ0n) is 13.2. The second-order valence-electron chi connectivity index (χ2n) is 5.46. The average Bonchev–Trinajstić information content (AvgIpc) is 2.61. The van der Waals surface area contributed by atoms with Crippen LogP contribution < -0.4 is 0 Å². The van der Waals surface area contributed by atoms with Gasteiger partial charge in [0.15, 0.2) is 9.84 Å². The largest absolute Gasteiger partial charge is 0.396 e. The first-order chi connectivity index (χ1) is 11.9. The van der Waals surface area contributed by atoms with Crippen LogP contribution in [-0.4, -0.2) is 48.6 Å². The van der Waals surface area contributed by atoms with Gasteiger partial charge >= 0.3 is 0 Å². The van der Waals surface area contributed by atoms with Gasteiger partial charge in [-0.25, -0.2) is 17.9 Å². The number of nitrogens with zero attached hydrogens (tertiary/aromatic N) is 1. The predicted molar refractivity (Wildman–Crippen MR) is 89.1 cm³/mol. The first-order valence-electron chi connectivity index (χ1n) is 7.49. The van der Waals surface area contributed by atoms with Crippen LogP contribution in [0, 0.1) is 5.82 Å². The Morgan fingerprint density at radius 1 is 1.04 bits per heavy atom. The summed E-state index contributed by atoms with van der Waals surface area (Å²) in [7, 11) is -3.77. The number of aliphatic hydroxyl groups is 1. The highest BCUT2D eigenvalue weighted by atomic mass is 32.2. The zero-order chi connectivity index (χ0) is 18.4. The van der Waals surface area contributed by atoms with E-state index < -0.39 is 21.6 Å². The van der Waals surface area contributed by atoms with Gasteiger partial charge in [0, 0.05) is 6.61 Å². The van der Waals surface area contributed by atoms with E-state index in [2.05, 4.69) is 0 Å². The van der Waals surface area contributed by atoms with Crippen molar-refractivity contribution in [2.45, 2.75) is 17.4 Å². The van der Waals surface area contributed by atoms with E-state index >= 15 is 0 Å². The van der Waals surface area contributed by atoms with Crippen LogP contribution in [0.1, 0.15) is 6.42 Å². The topological polar surface area (TPSA) is 94.9 Å². The molecule has 6 nitrogen and oxygen atoms in total. The third-order valence-corrected chi connectivity index (χ3v) is 5.56. The number of rotatable bonds is 8. The first-order valence-corrected chi connectivity index (χ1v) is 9.14. The molecule has 0 aliphatic carbocycles. The van der Waals surface area contributed by atoms with E-state index in [4.69, 9.17) is 5.11 Å². The van der Waals surface area contributed by atoms with Crippen LogP contribution in [0.2, 0.25) is 0 Å². The van der Waals surface area contributed by atoms with Gasteiger partial charge in [-0.15, -0.1) is 0 Å². The van der Waals surface area contributed by atoms with Crippen molar-refractivity contribution in [1.82, 2.24) is 5.06 Å². The summed E-state index contributed by atoms with van der Waals surface area (Å²) in [6.45, 7) is -0.366. The minimum absolute atomic E-state index is 0.0283. The summed E-state index contributed by atoms with van der Waals surface area (Å²) in [5.41, 5.74) is 1.47. The molecule has 0 radical (unpaired) electrons. The molecule has 1 atom stereocenters. The summed E-state index contributed by atoms with van der Waals surface area (Å²) in [4.78, 5) is 10.7. The fourth-order valence-electron chi connectivity index (χ4n) is 2.37. The van der Waals surface area contributed by atoms with Gasteiger partial charge in [0.25, 0.3) is 0 Å². The van der Waals surface area contributed by atoms with Gasteiger partial charge < -0.3 is 5.11 Å². The Labute approximate surface area is 145 Å². The molecule has 0 aliphatic heterocycles. The van der Waals surface area contributed by atoms with E-state index in [9.17, 15) is 22.8 Å². The number of aliphatic hydroxyl groups excluding tert-OH is 1. The van der Waals surface area contributed by atoms with Crippen molar-refractivity contribution >= 4 is 16.2 Å². The summed E-state index contributed by atoms with van der Waals surface area (Å²) in [6, 6.07) is 10.8. The molecule has 134 valence electrons. The molecule has 2 rings (SSSR count). The second kappa shape index (κ2) is 8.19. The molecule has 0 bridgehead atoms. The Hall–Kier alpha value is -2.29. The third-order valence-electron chi connectivity index (χ3n) is 3.75. The standard InChI is InChI=1S/C17H18FNO5S/c18-15-5-1-13(2-6-15)14-3-7-17(8-4-14)25(23,24)11-16(9-10-20)19(22)12-21/h1-8,12,16,20,22H,9-11H2. The maximum Gasteiger partial charge on any atom is 0.233 e. The van der Waals surface area contributed by atoms with Crippen LogP contribution in [0.5, 0.6) is 0 Å². The van der Waals surface area contributed by atoms with Crippen LogP contribution in [-0.2, 0) is 14.6 Å². The van der Waals surface area contributed by atoms with Crippen molar-refractivity contribution in [3.05, 3.63) is 54.3 Å². The van der Waals surface area contributed by atoms with Gasteiger partial charge in [-0.1, -0.05) is 24.3 Å². The monoisotopic (exact) mass is 367 g/mol. The normalized spacial score (nSPS) is 12.6. The van der Waals surface area contributed by atoms with Crippen LogP contribution in [0.25, 0.3) is 11.1 Å². The van der Waals surface area contributed by atoms with Gasteiger partial charge in [0.05, 0.1) is 16.7 Å². The van der Waals surface area contributed by atoms with Crippen LogP contribution in [0.4, 0.5) is 4.39 Å². The van der Waals surface area contributed by atoms with Crippen LogP contribution in [0.3, 0.4) is 0 Å². The summed E-state index contributed by atoms with van der Waals surface area (Å²) >= 11 is 0. The smallest absolute Gasteiger partial charge is 0.233 e. The van der Waals surface area contributed by atoms with Crippen LogP contribution in [0.15, 0.2) is 53.4 Å². The van der Waals surface area contributed by atoms with Crippen molar-refractivity contribution in [3.8, 4) is 11.1 Å². The Bertz CT molecular complexity index is 806. The number of benzene rings is 2. The molecule has 0 saturated carbocycles. The van der Waals surface area contributed by atoms with E-state index in [0.29, 0.717) is 0 Å². The molecular formula is C17H18FNO5S. The van der Waals surface area contributed by atoms with Gasteiger partial charge in [0.1, 0.15) is 5.82 Å². The highest BCUT2D eigenvalue weighted by Crippen LogP contribution is 2.23. The molecule has 2 N–H and O–H groups in total. The molecule has 1 unspecified atom stereocenters. The highest BCUT2D eigenvalue weighted by Gasteiger charge is 2.25. The van der Waals surface area contributed by atoms with Gasteiger partial charge in [-0.05, 0) is 41.8 Å². The van der Waals surface area contributed by atoms with E-state index in [1.807, 2.05) is 0 Å². The van der Waals surface area contributed by atoms with E-state index in [0.717, 1.165) is 11.1 Å². The highest BCUT2D eigenvalue weighted by molar-refractivity contribution is 7.91. The molecule has 2 aromatic carbocycles. The minimum Gasteiger partial charge on any atom is -0.396 e. The lowest BCUT2D eigenvalue weighted by atomic mass is 10.1. The van der Waals surface area contributed by atoms with Crippen molar-refractivity contribution < 1.29 is 27.9 Å². The first kappa shape index (κ1) is 19.0. The second-order valence-corrected chi connectivity index (χ2v) is 7.50. The van der Waals surface area contributed by atoms with Gasteiger partial charge in [-0.2, -0.15) is 0 Å². The predicted octanol–water partition coefficient (Wildman–Crippen LogP) is 1.86.